The van der Waals surface area contributed by atoms with Crippen LogP contribution in [-0.4, -0.2) is 37.2 Å². The topological polar surface area (TPSA) is 78.9 Å². The van der Waals surface area contributed by atoms with Crippen molar-refractivity contribution < 1.29 is 28.6 Å². The molecular weight excluding hydrogens is 757 g/mol. The zero-order valence-corrected chi connectivity index (χ0v) is 41.8. The van der Waals surface area contributed by atoms with Crippen molar-refractivity contribution in [2.75, 3.05) is 13.2 Å². The molecule has 0 heterocycles. The Morgan fingerprint density at radius 2 is 0.541 bits per heavy atom. The van der Waals surface area contributed by atoms with Gasteiger partial charge in [0.2, 0.25) is 0 Å². The monoisotopic (exact) mass is 863 g/mol. The first-order valence-corrected chi connectivity index (χ1v) is 27.2. The summed E-state index contributed by atoms with van der Waals surface area (Å²) in [4.78, 5) is 37.9. The molecule has 0 fully saturated rings. The summed E-state index contributed by atoms with van der Waals surface area (Å²) in [5, 5.41) is 0. The predicted molar refractivity (Wildman–Crippen MR) is 261 cm³/mol. The van der Waals surface area contributed by atoms with Gasteiger partial charge < -0.3 is 14.2 Å². The molecule has 0 spiro atoms. The van der Waals surface area contributed by atoms with Gasteiger partial charge in [-0.3, -0.25) is 14.4 Å². The van der Waals surface area contributed by atoms with E-state index in [-0.39, 0.29) is 31.1 Å². The highest BCUT2D eigenvalue weighted by Gasteiger charge is 2.19. The van der Waals surface area contributed by atoms with Gasteiger partial charge in [0.15, 0.2) is 6.10 Å². The zero-order valence-electron chi connectivity index (χ0n) is 41.8. The van der Waals surface area contributed by atoms with Crippen LogP contribution >= 0.6 is 0 Å². The van der Waals surface area contributed by atoms with E-state index in [1.54, 1.807) is 0 Å². The van der Waals surface area contributed by atoms with Gasteiger partial charge in [0.25, 0.3) is 0 Å². The molecule has 0 aromatic rings. The maximum Gasteiger partial charge on any atom is 0.306 e. The minimum absolute atomic E-state index is 0.0635. The molecule has 362 valence electrons. The summed E-state index contributed by atoms with van der Waals surface area (Å²) >= 11 is 0. The summed E-state index contributed by atoms with van der Waals surface area (Å²) in [5.74, 6) is 0.830. The number of ether oxygens (including phenoxy) is 3. The molecule has 0 aromatic heterocycles. The highest BCUT2D eigenvalue weighted by atomic mass is 16.6. The van der Waals surface area contributed by atoms with E-state index >= 15 is 0 Å². The summed E-state index contributed by atoms with van der Waals surface area (Å²) < 4.78 is 16.8. The van der Waals surface area contributed by atoms with Crippen molar-refractivity contribution in [3.63, 3.8) is 0 Å². The Morgan fingerprint density at radius 3 is 0.803 bits per heavy atom. The van der Waals surface area contributed by atoms with Gasteiger partial charge in [-0.25, -0.2) is 0 Å². The van der Waals surface area contributed by atoms with E-state index in [4.69, 9.17) is 14.2 Å². The second-order valence-electron chi connectivity index (χ2n) is 19.8. The number of esters is 3. The van der Waals surface area contributed by atoms with Crippen molar-refractivity contribution in [1.82, 2.24) is 0 Å². The van der Waals surface area contributed by atoms with E-state index in [0.29, 0.717) is 19.3 Å². The largest absolute Gasteiger partial charge is 0.462 e. The summed E-state index contributed by atoms with van der Waals surface area (Å²) in [6.45, 7) is 11.4. The number of hydrogen-bond acceptors (Lipinski definition) is 6. The van der Waals surface area contributed by atoms with Gasteiger partial charge in [-0.15, -0.1) is 0 Å². The lowest BCUT2D eigenvalue weighted by molar-refractivity contribution is -0.167. The fourth-order valence-corrected chi connectivity index (χ4v) is 8.34. The van der Waals surface area contributed by atoms with Crippen LogP contribution in [0, 0.1) is 11.8 Å². The maximum atomic E-state index is 12.7. The molecule has 0 bridgehead atoms. The van der Waals surface area contributed by atoms with Crippen molar-refractivity contribution in [3.05, 3.63) is 0 Å². The zero-order chi connectivity index (χ0) is 44.7. The molecule has 1 atom stereocenters. The van der Waals surface area contributed by atoms with Crippen molar-refractivity contribution in [2.24, 2.45) is 11.8 Å². The first kappa shape index (κ1) is 59.4. The Balaban J connectivity index is 4.16. The lowest BCUT2D eigenvalue weighted by Crippen LogP contribution is -2.30. The van der Waals surface area contributed by atoms with Crippen molar-refractivity contribution in [3.8, 4) is 0 Å². The number of rotatable bonds is 49. The summed E-state index contributed by atoms with van der Waals surface area (Å²) in [5.41, 5.74) is 0. The van der Waals surface area contributed by atoms with Gasteiger partial charge in [0, 0.05) is 19.3 Å². The molecule has 0 rings (SSSR count). The third-order valence-electron chi connectivity index (χ3n) is 12.5. The number of carbonyl (C=O) groups excluding carboxylic acids is 3. The second-order valence-corrected chi connectivity index (χ2v) is 19.8. The minimum atomic E-state index is -0.761. The molecule has 6 nitrogen and oxygen atoms in total. The Labute approximate surface area is 380 Å². The van der Waals surface area contributed by atoms with E-state index in [1.165, 1.54) is 193 Å². The molecule has 0 aliphatic heterocycles. The van der Waals surface area contributed by atoms with Crippen LogP contribution in [0.5, 0.6) is 0 Å². The Kier molecular flexibility index (Phi) is 46.6. The fourth-order valence-electron chi connectivity index (χ4n) is 8.34. The van der Waals surface area contributed by atoms with E-state index in [9.17, 15) is 14.4 Å². The molecular formula is C55H106O6. The van der Waals surface area contributed by atoms with Crippen molar-refractivity contribution in [2.45, 2.75) is 310 Å². The molecule has 0 amide bonds. The van der Waals surface area contributed by atoms with Crippen molar-refractivity contribution in [1.29, 1.82) is 0 Å². The summed E-state index contributed by atoms with van der Waals surface area (Å²) in [7, 11) is 0. The standard InChI is InChI=1S/C55H106O6/c1-6-7-8-9-10-23-32-37-42-47-55(58)61-52(49-60-54(57)46-41-36-31-27-22-21-25-29-34-39-44-51(4)5)48-59-53(56)45-40-35-30-26-20-18-16-14-12-11-13-15-17-19-24-28-33-38-43-50(2)3/h50-52H,6-49H2,1-5H3/t52-/m1/s1. The van der Waals surface area contributed by atoms with Crippen LogP contribution < -0.4 is 0 Å². The highest BCUT2D eigenvalue weighted by molar-refractivity contribution is 5.71. The van der Waals surface area contributed by atoms with Crippen LogP contribution in [0.25, 0.3) is 0 Å². The summed E-state index contributed by atoms with van der Waals surface area (Å²) in [6, 6.07) is 0. The minimum Gasteiger partial charge on any atom is -0.462 e. The molecule has 0 radical (unpaired) electrons. The first-order chi connectivity index (χ1) is 29.7. The normalized spacial score (nSPS) is 12.0. The molecule has 0 saturated carbocycles. The van der Waals surface area contributed by atoms with Crippen LogP contribution in [0.1, 0.15) is 304 Å². The average Bonchev–Trinajstić information content (AvgIpc) is 3.23. The van der Waals surface area contributed by atoms with Gasteiger partial charge in [0.1, 0.15) is 13.2 Å². The highest BCUT2D eigenvalue weighted by Crippen LogP contribution is 2.18. The fraction of sp³-hybridized carbons (Fsp3) is 0.945. The van der Waals surface area contributed by atoms with Crippen LogP contribution in [0.3, 0.4) is 0 Å². The van der Waals surface area contributed by atoms with Gasteiger partial charge >= 0.3 is 17.9 Å². The molecule has 0 N–H and O–H groups in total. The number of carbonyl (C=O) groups is 3. The van der Waals surface area contributed by atoms with Gasteiger partial charge in [-0.1, -0.05) is 266 Å². The summed E-state index contributed by atoms with van der Waals surface area (Å²) in [6.07, 6.45) is 49.6. The van der Waals surface area contributed by atoms with Crippen LogP contribution in [0.4, 0.5) is 0 Å². The molecule has 0 aliphatic rings. The van der Waals surface area contributed by atoms with E-state index in [1.807, 2.05) is 0 Å². The van der Waals surface area contributed by atoms with Gasteiger partial charge in [-0.2, -0.15) is 0 Å². The molecule has 0 aromatic carbocycles. The van der Waals surface area contributed by atoms with Gasteiger partial charge in [0.05, 0.1) is 0 Å². The quantitative estimate of drug-likeness (QED) is 0.0344. The average molecular weight is 863 g/mol. The lowest BCUT2D eigenvalue weighted by Gasteiger charge is -2.18. The van der Waals surface area contributed by atoms with E-state index < -0.39 is 6.10 Å². The van der Waals surface area contributed by atoms with Crippen LogP contribution in [0.2, 0.25) is 0 Å². The van der Waals surface area contributed by atoms with E-state index in [0.717, 1.165) is 69.6 Å². The lowest BCUT2D eigenvalue weighted by atomic mass is 10.0. The first-order valence-electron chi connectivity index (χ1n) is 27.2. The Morgan fingerprint density at radius 1 is 0.311 bits per heavy atom. The van der Waals surface area contributed by atoms with Gasteiger partial charge in [-0.05, 0) is 31.1 Å². The molecule has 0 saturated heterocycles. The molecule has 0 aliphatic carbocycles. The predicted octanol–water partition coefficient (Wildman–Crippen LogP) is 17.7. The number of unbranched alkanes of at least 4 members (excludes halogenated alkanes) is 34. The number of hydrogen-bond donors (Lipinski definition) is 0. The third kappa shape index (κ3) is 49.3. The van der Waals surface area contributed by atoms with Crippen LogP contribution in [0.15, 0.2) is 0 Å². The SMILES string of the molecule is CCCCCCCCCCCC(=O)O[C@H](COC(=O)CCCCCCCCCCCCCCCCCCCCC(C)C)COC(=O)CCCCCCCCCCCCC(C)C. The molecule has 61 heavy (non-hydrogen) atoms. The Hall–Kier alpha value is -1.59. The van der Waals surface area contributed by atoms with Crippen LogP contribution in [-0.2, 0) is 28.6 Å². The molecule has 0 unspecified atom stereocenters. The van der Waals surface area contributed by atoms with Crippen molar-refractivity contribution >= 4 is 17.9 Å². The second kappa shape index (κ2) is 47.9. The molecule has 6 heteroatoms. The maximum absolute atomic E-state index is 12.7. The Bertz CT molecular complexity index is 931. The third-order valence-corrected chi connectivity index (χ3v) is 12.5. The smallest absolute Gasteiger partial charge is 0.306 e. The van der Waals surface area contributed by atoms with E-state index in [2.05, 4.69) is 34.6 Å².